The lowest BCUT2D eigenvalue weighted by molar-refractivity contribution is 0.103. The summed E-state index contributed by atoms with van der Waals surface area (Å²) in [5, 5.41) is 2.82. The molecule has 2 aromatic rings. The fourth-order valence-corrected chi connectivity index (χ4v) is 3.48. The van der Waals surface area contributed by atoms with Crippen molar-refractivity contribution >= 4 is 54.8 Å². The SMILES string of the molecule is COc1ccc(NC(=O)c2cc(Br)c(Br)s2)c(OC)c1. The van der Waals surface area contributed by atoms with Gasteiger partial charge in [-0.25, -0.2) is 0 Å². The van der Waals surface area contributed by atoms with Crippen LogP contribution in [-0.4, -0.2) is 20.1 Å². The average molecular weight is 421 g/mol. The molecule has 1 aromatic carbocycles. The predicted molar refractivity (Wildman–Crippen MR) is 87.2 cm³/mol. The first kappa shape index (κ1) is 15.3. The van der Waals surface area contributed by atoms with Crippen LogP contribution < -0.4 is 14.8 Å². The molecule has 7 heteroatoms. The van der Waals surface area contributed by atoms with Crippen molar-refractivity contribution < 1.29 is 14.3 Å². The number of carbonyl (C=O) groups is 1. The van der Waals surface area contributed by atoms with Crippen molar-refractivity contribution in [2.45, 2.75) is 0 Å². The molecule has 0 aliphatic carbocycles. The second-order valence-corrected chi connectivity index (χ2v) is 6.98. The Labute approximate surface area is 137 Å². The molecule has 0 unspecified atom stereocenters. The molecule has 1 amide bonds. The molecule has 0 spiro atoms. The molecule has 0 aliphatic rings. The van der Waals surface area contributed by atoms with Gasteiger partial charge in [-0.2, -0.15) is 0 Å². The Morgan fingerprint density at radius 1 is 1.20 bits per heavy atom. The Balaban J connectivity index is 2.23. The zero-order chi connectivity index (χ0) is 14.7. The minimum Gasteiger partial charge on any atom is -0.497 e. The first-order chi connectivity index (χ1) is 9.55. The third kappa shape index (κ3) is 3.34. The fourth-order valence-electron chi connectivity index (χ4n) is 1.54. The van der Waals surface area contributed by atoms with Crippen LogP contribution in [0.25, 0.3) is 0 Å². The van der Waals surface area contributed by atoms with E-state index in [1.807, 2.05) is 0 Å². The number of benzene rings is 1. The standard InChI is InChI=1S/C13H11Br2NO3S/c1-18-7-3-4-9(10(5-7)19-2)16-13(17)11-6-8(14)12(15)20-11/h3-6H,1-2H3,(H,16,17). The minimum atomic E-state index is -0.190. The van der Waals surface area contributed by atoms with E-state index in [1.54, 1.807) is 38.5 Å². The Morgan fingerprint density at radius 2 is 1.95 bits per heavy atom. The molecule has 1 heterocycles. The maximum atomic E-state index is 12.2. The second-order valence-electron chi connectivity index (χ2n) is 3.75. The summed E-state index contributed by atoms with van der Waals surface area (Å²) in [5.41, 5.74) is 0.596. The van der Waals surface area contributed by atoms with Gasteiger partial charge in [0.05, 0.1) is 28.6 Å². The first-order valence-corrected chi connectivity index (χ1v) is 7.93. The highest BCUT2D eigenvalue weighted by Gasteiger charge is 2.14. The Morgan fingerprint density at radius 3 is 2.50 bits per heavy atom. The number of nitrogens with one attached hydrogen (secondary N) is 1. The third-order valence-electron chi connectivity index (χ3n) is 2.53. The lowest BCUT2D eigenvalue weighted by Crippen LogP contribution is -2.11. The van der Waals surface area contributed by atoms with Gasteiger partial charge in [0, 0.05) is 10.5 Å². The number of rotatable bonds is 4. The van der Waals surface area contributed by atoms with E-state index in [0.29, 0.717) is 22.1 Å². The van der Waals surface area contributed by atoms with Crippen LogP contribution in [0.4, 0.5) is 5.69 Å². The van der Waals surface area contributed by atoms with Crippen molar-refractivity contribution in [1.29, 1.82) is 0 Å². The third-order valence-corrected chi connectivity index (χ3v) is 5.78. The summed E-state index contributed by atoms with van der Waals surface area (Å²) in [6.45, 7) is 0. The smallest absolute Gasteiger partial charge is 0.265 e. The summed E-state index contributed by atoms with van der Waals surface area (Å²) >= 11 is 8.08. The molecule has 0 atom stereocenters. The van der Waals surface area contributed by atoms with E-state index in [0.717, 1.165) is 8.26 Å². The molecule has 1 N–H and O–H groups in total. The normalized spacial score (nSPS) is 10.2. The van der Waals surface area contributed by atoms with Crippen LogP contribution in [0.3, 0.4) is 0 Å². The average Bonchev–Trinajstić information content (AvgIpc) is 2.79. The number of ether oxygens (including phenoxy) is 2. The highest BCUT2D eigenvalue weighted by Crippen LogP contribution is 2.34. The van der Waals surface area contributed by atoms with Gasteiger partial charge in [-0.05, 0) is 50.1 Å². The van der Waals surface area contributed by atoms with E-state index in [1.165, 1.54) is 11.3 Å². The summed E-state index contributed by atoms with van der Waals surface area (Å²) in [5.74, 6) is 1.03. The Kier molecular flexibility index (Phi) is 5.06. The highest BCUT2D eigenvalue weighted by molar-refractivity contribution is 9.13. The largest absolute Gasteiger partial charge is 0.497 e. The molecule has 1 aromatic heterocycles. The van der Waals surface area contributed by atoms with Gasteiger partial charge in [0.1, 0.15) is 11.5 Å². The number of thiophene rings is 1. The van der Waals surface area contributed by atoms with Gasteiger partial charge in [0.25, 0.3) is 5.91 Å². The molecule has 0 bridgehead atoms. The summed E-state index contributed by atoms with van der Waals surface area (Å²) in [7, 11) is 3.12. The van der Waals surface area contributed by atoms with E-state index in [2.05, 4.69) is 37.2 Å². The van der Waals surface area contributed by atoms with Crippen molar-refractivity contribution in [2.75, 3.05) is 19.5 Å². The van der Waals surface area contributed by atoms with Gasteiger partial charge in [0.2, 0.25) is 0 Å². The number of anilines is 1. The van der Waals surface area contributed by atoms with Crippen LogP contribution in [0, 0.1) is 0 Å². The van der Waals surface area contributed by atoms with Crippen molar-refractivity contribution in [3.8, 4) is 11.5 Å². The quantitative estimate of drug-likeness (QED) is 0.789. The minimum absolute atomic E-state index is 0.190. The van der Waals surface area contributed by atoms with Crippen molar-refractivity contribution in [2.24, 2.45) is 0 Å². The number of amides is 1. The summed E-state index contributed by atoms with van der Waals surface area (Å²) in [6.07, 6.45) is 0. The molecule has 0 saturated carbocycles. The van der Waals surface area contributed by atoms with Crippen LogP contribution in [0.2, 0.25) is 0 Å². The maximum Gasteiger partial charge on any atom is 0.265 e. The topological polar surface area (TPSA) is 47.6 Å². The van der Waals surface area contributed by atoms with Crippen molar-refractivity contribution in [3.05, 3.63) is 37.4 Å². The monoisotopic (exact) mass is 419 g/mol. The van der Waals surface area contributed by atoms with Gasteiger partial charge in [-0.15, -0.1) is 11.3 Å². The van der Waals surface area contributed by atoms with Crippen LogP contribution in [-0.2, 0) is 0 Å². The Bertz CT molecular complexity index is 623. The molecule has 20 heavy (non-hydrogen) atoms. The lowest BCUT2D eigenvalue weighted by atomic mass is 10.2. The molecule has 2 rings (SSSR count). The van der Waals surface area contributed by atoms with E-state index >= 15 is 0 Å². The van der Waals surface area contributed by atoms with Crippen LogP contribution >= 0.6 is 43.2 Å². The summed E-state index contributed by atoms with van der Waals surface area (Å²) in [6, 6.07) is 6.99. The molecule has 0 saturated heterocycles. The van der Waals surface area contributed by atoms with E-state index < -0.39 is 0 Å². The first-order valence-electron chi connectivity index (χ1n) is 5.53. The van der Waals surface area contributed by atoms with E-state index in [4.69, 9.17) is 9.47 Å². The molecule has 0 aliphatic heterocycles. The Hall–Kier alpha value is -1.05. The lowest BCUT2D eigenvalue weighted by Gasteiger charge is -2.10. The summed E-state index contributed by atoms with van der Waals surface area (Å²) in [4.78, 5) is 12.8. The molecular formula is C13H11Br2NO3S. The summed E-state index contributed by atoms with van der Waals surface area (Å²) < 4.78 is 12.1. The second kappa shape index (κ2) is 6.60. The maximum absolute atomic E-state index is 12.2. The van der Waals surface area contributed by atoms with E-state index in [-0.39, 0.29) is 5.91 Å². The van der Waals surface area contributed by atoms with Crippen LogP contribution in [0.15, 0.2) is 32.5 Å². The zero-order valence-electron chi connectivity index (χ0n) is 10.7. The molecule has 0 radical (unpaired) electrons. The zero-order valence-corrected chi connectivity index (χ0v) is 14.7. The molecule has 106 valence electrons. The van der Waals surface area contributed by atoms with Crippen molar-refractivity contribution in [3.63, 3.8) is 0 Å². The van der Waals surface area contributed by atoms with Gasteiger partial charge in [-0.3, -0.25) is 4.79 Å². The van der Waals surface area contributed by atoms with Crippen LogP contribution in [0.1, 0.15) is 9.67 Å². The molecule has 0 fully saturated rings. The highest BCUT2D eigenvalue weighted by atomic mass is 79.9. The number of methoxy groups -OCH3 is 2. The van der Waals surface area contributed by atoms with Crippen molar-refractivity contribution in [1.82, 2.24) is 0 Å². The number of halogens is 2. The molecule has 4 nitrogen and oxygen atoms in total. The van der Waals surface area contributed by atoms with Gasteiger partial charge in [-0.1, -0.05) is 0 Å². The number of hydrogen-bond acceptors (Lipinski definition) is 4. The predicted octanol–water partition coefficient (Wildman–Crippen LogP) is 4.54. The van der Waals surface area contributed by atoms with Gasteiger partial charge in [0.15, 0.2) is 0 Å². The molecular weight excluding hydrogens is 410 g/mol. The van der Waals surface area contributed by atoms with Gasteiger partial charge < -0.3 is 14.8 Å². The van der Waals surface area contributed by atoms with E-state index in [9.17, 15) is 4.79 Å². The van der Waals surface area contributed by atoms with Gasteiger partial charge >= 0.3 is 0 Å². The fraction of sp³-hybridized carbons (Fsp3) is 0.154. The number of hydrogen-bond donors (Lipinski definition) is 1. The number of carbonyl (C=O) groups excluding carboxylic acids is 1. The van der Waals surface area contributed by atoms with Crippen LogP contribution in [0.5, 0.6) is 11.5 Å².